The molecule has 5 heteroatoms. The van der Waals surface area contributed by atoms with Gasteiger partial charge in [-0.15, -0.1) is 0 Å². The Morgan fingerprint density at radius 1 is 1.25 bits per heavy atom. The van der Waals surface area contributed by atoms with Crippen molar-refractivity contribution in [3.63, 3.8) is 0 Å². The number of aryl methyl sites for hydroxylation is 1. The van der Waals surface area contributed by atoms with E-state index in [4.69, 9.17) is 5.84 Å². The minimum Gasteiger partial charge on any atom is -0.310 e. The molecule has 0 aliphatic carbocycles. The van der Waals surface area contributed by atoms with Crippen LogP contribution in [0.15, 0.2) is 42.5 Å². The van der Waals surface area contributed by atoms with Gasteiger partial charge in [-0.2, -0.15) is 0 Å². The van der Waals surface area contributed by atoms with Crippen LogP contribution in [0.5, 0.6) is 0 Å². The van der Waals surface area contributed by atoms with Gasteiger partial charge in [-0.05, 0) is 36.2 Å². The number of hydrogen-bond donors (Lipinski definition) is 2. The number of anilines is 2. The third-order valence-electron chi connectivity index (χ3n) is 3.15. The van der Waals surface area contributed by atoms with E-state index in [0.717, 1.165) is 12.1 Å². The predicted molar refractivity (Wildman–Crippen MR) is 80.6 cm³/mol. The van der Waals surface area contributed by atoms with E-state index >= 15 is 0 Å². The zero-order chi connectivity index (χ0) is 14.5. The van der Waals surface area contributed by atoms with E-state index in [9.17, 15) is 4.79 Å². The van der Waals surface area contributed by atoms with Crippen LogP contribution in [-0.4, -0.2) is 17.9 Å². The number of nitrogens with one attached hydrogen (secondary N) is 1. The summed E-state index contributed by atoms with van der Waals surface area (Å²) in [7, 11) is 1.73. The standard InChI is InChI=1S/C15H18N4O/c1-3-11-7-9-12(10-8-11)19(2)15(20)13-5-4-6-14(17-13)18-16/h4-10H,3,16H2,1-2H3,(H,17,18). The molecule has 104 valence electrons. The third-order valence-corrected chi connectivity index (χ3v) is 3.15. The molecule has 0 fully saturated rings. The number of amides is 1. The van der Waals surface area contributed by atoms with Crippen molar-refractivity contribution in [2.24, 2.45) is 5.84 Å². The van der Waals surface area contributed by atoms with Crippen LogP contribution in [0.4, 0.5) is 11.5 Å². The Kier molecular flexibility index (Phi) is 4.32. The fourth-order valence-corrected chi connectivity index (χ4v) is 1.88. The van der Waals surface area contributed by atoms with Crippen LogP contribution < -0.4 is 16.2 Å². The number of hydrogen-bond acceptors (Lipinski definition) is 4. The highest BCUT2D eigenvalue weighted by molar-refractivity contribution is 6.04. The Labute approximate surface area is 118 Å². The summed E-state index contributed by atoms with van der Waals surface area (Å²) in [5.41, 5.74) is 4.86. The average molecular weight is 270 g/mol. The van der Waals surface area contributed by atoms with Crippen molar-refractivity contribution >= 4 is 17.4 Å². The lowest BCUT2D eigenvalue weighted by Gasteiger charge is -2.17. The number of rotatable bonds is 4. The van der Waals surface area contributed by atoms with E-state index in [2.05, 4.69) is 17.3 Å². The first kappa shape index (κ1) is 14.0. The fraction of sp³-hybridized carbons (Fsp3) is 0.200. The Hall–Kier alpha value is -2.40. The van der Waals surface area contributed by atoms with Gasteiger partial charge < -0.3 is 10.3 Å². The molecular formula is C15H18N4O. The normalized spacial score (nSPS) is 10.2. The SMILES string of the molecule is CCc1ccc(N(C)C(=O)c2cccc(NN)n2)cc1. The van der Waals surface area contributed by atoms with Crippen molar-refractivity contribution in [1.82, 2.24) is 4.98 Å². The second kappa shape index (κ2) is 6.16. The molecule has 0 saturated carbocycles. The van der Waals surface area contributed by atoms with Crippen LogP contribution in [0.25, 0.3) is 0 Å². The molecule has 20 heavy (non-hydrogen) atoms. The summed E-state index contributed by atoms with van der Waals surface area (Å²) in [5.74, 6) is 5.59. The summed E-state index contributed by atoms with van der Waals surface area (Å²) in [4.78, 5) is 18.1. The van der Waals surface area contributed by atoms with Gasteiger partial charge in [0.1, 0.15) is 11.5 Å². The molecule has 0 radical (unpaired) electrons. The lowest BCUT2D eigenvalue weighted by molar-refractivity contribution is 0.0988. The smallest absolute Gasteiger partial charge is 0.276 e. The molecular weight excluding hydrogens is 252 g/mol. The Morgan fingerprint density at radius 3 is 2.55 bits per heavy atom. The summed E-state index contributed by atoms with van der Waals surface area (Å²) >= 11 is 0. The molecule has 0 saturated heterocycles. The maximum absolute atomic E-state index is 12.4. The monoisotopic (exact) mass is 270 g/mol. The van der Waals surface area contributed by atoms with E-state index in [0.29, 0.717) is 11.5 Å². The molecule has 5 nitrogen and oxygen atoms in total. The molecule has 1 amide bonds. The highest BCUT2D eigenvalue weighted by Gasteiger charge is 2.15. The van der Waals surface area contributed by atoms with E-state index < -0.39 is 0 Å². The molecule has 2 aromatic rings. The van der Waals surface area contributed by atoms with Gasteiger partial charge in [0, 0.05) is 12.7 Å². The van der Waals surface area contributed by atoms with E-state index in [1.807, 2.05) is 24.3 Å². The molecule has 0 spiro atoms. The average Bonchev–Trinajstić information content (AvgIpc) is 2.53. The van der Waals surface area contributed by atoms with Crippen LogP contribution in [-0.2, 0) is 6.42 Å². The second-order valence-corrected chi connectivity index (χ2v) is 4.44. The molecule has 0 bridgehead atoms. The molecule has 0 unspecified atom stereocenters. The number of nitrogens with zero attached hydrogens (tertiary/aromatic N) is 2. The van der Waals surface area contributed by atoms with Gasteiger partial charge in [0.05, 0.1) is 0 Å². The minimum absolute atomic E-state index is 0.175. The highest BCUT2D eigenvalue weighted by Crippen LogP contribution is 2.16. The Balaban J connectivity index is 2.22. The van der Waals surface area contributed by atoms with Crippen LogP contribution in [0.3, 0.4) is 0 Å². The lowest BCUT2D eigenvalue weighted by Crippen LogP contribution is -2.27. The number of carbonyl (C=O) groups is 1. The minimum atomic E-state index is -0.175. The van der Waals surface area contributed by atoms with Crippen LogP contribution >= 0.6 is 0 Å². The molecule has 0 aliphatic heterocycles. The molecule has 1 aromatic heterocycles. The van der Waals surface area contributed by atoms with Crippen LogP contribution in [0.2, 0.25) is 0 Å². The fourth-order valence-electron chi connectivity index (χ4n) is 1.88. The quantitative estimate of drug-likeness (QED) is 0.660. The molecule has 3 N–H and O–H groups in total. The number of benzene rings is 1. The topological polar surface area (TPSA) is 71.2 Å². The zero-order valence-corrected chi connectivity index (χ0v) is 11.6. The molecule has 0 aliphatic rings. The van der Waals surface area contributed by atoms with Gasteiger partial charge in [0.15, 0.2) is 0 Å². The van der Waals surface area contributed by atoms with E-state index in [1.54, 1.807) is 30.1 Å². The first-order valence-corrected chi connectivity index (χ1v) is 6.46. The zero-order valence-electron chi connectivity index (χ0n) is 11.6. The van der Waals surface area contributed by atoms with Crippen LogP contribution in [0, 0.1) is 0 Å². The molecule has 1 aromatic carbocycles. The number of nitrogen functional groups attached to an aromatic ring is 1. The number of hydrazine groups is 1. The number of aromatic nitrogens is 1. The Morgan fingerprint density at radius 2 is 1.95 bits per heavy atom. The van der Waals surface area contributed by atoms with Gasteiger partial charge in [-0.1, -0.05) is 25.1 Å². The second-order valence-electron chi connectivity index (χ2n) is 4.44. The van der Waals surface area contributed by atoms with Gasteiger partial charge in [0.2, 0.25) is 0 Å². The molecule has 1 heterocycles. The maximum Gasteiger partial charge on any atom is 0.276 e. The van der Waals surface area contributed by atoms with Crippen molar-refractivity contribution in [3.05, 3.63) is 53.7 Å². The maximum atomic E-state index is 12.4. The highest BCUT2D eigenvalue weighted by atomic mass is 16.2. The molecule has 0 atom stereocenters. The largest absolute Gasteiger partial charge is 0.310 e. The number of pyridine rings is 1. The number of nitrogens with two attached hydrogens (primary N) is 1. The van der Waals surface area contributed by atoms with Crippen molar-refractivity contribution in [2.45, 2.75) is 13.3 Å². The summed E-state index contributed by atoms with van der Waals surface area (Å²) in [6, 6.07) is 13.0. The summed E-state index contributed by atoms with van der Waals surface area (Å²) in [5, 5.41) is 0. The molecule has 2 rings (SSSR count). The van der Waals surface area contributed by atoms with E-state index in [1.165, 1.54) is 5.56 Å². The van der Waals surface area contributed by atoms with Crippen molar-refractivity contribution in [1.29, 1.82) is 0 Å². The lowest BCUT2D eigenvalue weighted by atomic mass is 10.1. The Bertz CT molecular complexity index is 595. The summed E-state index contributed by atoms with van der Waals surface area (Å²) in [6.45, 7) is 2.10. The van der Waals surface area contributed by atoms with Gasteiger partial charge in [-0.25, -0.2) is 10.8 Å². The van der Waals surface area contributed by atoms with Crippen molar-refractivity contribution in [3.8, 4) is 0 Å². The first-order valence-electron chi connectivity index (χ1n) is 6.46. The van der Waals surface area contributed by atoms with Gasteiger partial charge in [0.25, 0.3) is 5.91 Å². The van der Waals surface area contributed by atoms with Crippen LogP contribution in [0.1, 0.15) is 23.0 Å². The van der Waals surface area contributed by atoms with Crippen molar-refractivity contribution < 1.29 is 4.79 Å². The number of carbonyl (C=O) groups excluding carboxylic acids is 1. The van der Waals surface area contributed by atoms with E-state index in [-0.39, 0.29) is 5.91 Å². The van der Waals surface area contributed by atoms with Gasteiger partial charge >= 0.3 is 0 Å². The third kappa shape index (κ3) is 2.95. The van der Waals surface area contributed by atoms with Gasteiger partial charge in [-0.3, -0.25) is 4.79 Å². The predicted octanol–water partition coefficient (Wildman–Crippen LogP) is 2.21. The first-order chi connectivity index (χ1) is 9.65. The summed E-state index contributed by atoms with van der Waals surface area (Å²) < 4.78 is 0. The van der Waals surface area contributed by atoms with Crippen molar-refractivity contribution in [2.75, 3.05) is 17.4 Å². The summed E-state index contributed by atoms with van der Waals surface area (Å²) in [6.07, 6.45) is 0.976.